The molecule has 22 heavy (non-hydrogen) atoms. The third-order valence-corrected chi connectivity index (χ3v) is 3.27. The van der Waals surface area contributed by atoms with Gasteiger partial charge in [0, 0.05) is 29.3 Å². The molecule has 126 valence electrons. The predicted molar refractivity (Wildman–Crippen MR) is 73.1 cm³/mol. The summed E-state index contributed by atoms with van der Waals surface area (Å²) in [6, 6.07) is 0. The molecule has 8 nitrogen and oxygen atoms in total. The van der Waals surface area contributed by atoms with Crippen LogP contribution in [0.25, 0.3) is 0 Å². The van der Waals surface area contributed by atoms with Crippen molar-refractivity contribution in [1.82, 2.24) is 0 Å². The number of ether oxygens (including phenoxy) is 5. The zero-order chi connectivity index (χ0) is 17.8. The van der Waals surface area contributed by atoms with Crippen LogP contribution < -0.4 is 0 Å². The predicted octanol–water partition coefficient (Wildman–Crippen LogP) is 0.393. The van der Waals surface area contributed by atoms with Crippen LogP contribution in [0.5, 0.6) is 0 Å². The molecule has 0 amide bonds. The van der Waals surface area contributed by atoms with E-state index in [0.29, 0.717) is 0 Å². The zero-order valence-corrected chi connectivity index (χ0v) is 13.4. The Kier molecular flexibility index (Phi) is 5.98. The number of rotatable bonds is 6. The number of alkyl halides is 1. The molecule has 5 atom stereocenters. The molecule has 1 rings (SSSR count). The van der Waals surface area contributed by atoms with Crippen LogP contribution in [0.3, 0.4) is 0 Å². The Balaban J connectivity index is 3.24. The SMILES string of the molecule is [2H]C(Cl)[C@]1(COC(C)=O)OC(OC)[C@H](OC(C)=O)[C@@H]1OC(C)=O. The normalized spacial score (nSPS) is 32.8. The van der Waals surface area contributed by atoms with Crippen LogP contribution in [0.1, 0.15) is 22.1 Å². The van der Waals surface area contributed by atoms with Crippen molar-refractivity contribution in [3.05, 3.63) is 0 Å². The third-order valence-electron chi connectivity index (χ3n) is 2.90. The molecule has 0 aromatic carbocycles. The smallest absolute Gasteiger partial charge is 0.303 e. The van der Waals surface area contributed by atoms with E-state index in [2.05, 4.69) is 0 Å². The summed E-state index contributed by atoms with van der Waals surface area (Å²) in [5.41, 5.74) is -1.75. The molecule has 0 saturated carbocycles. The van der Waals surface area contributed by atoms with Crippen molar-refractivity contribution < 1.29 is 39.4 Å². The van der Waals surface area contributed by atoms with E-state index in [4.69, 9.17) is 36.7 Å². The minimum absolute atomic E-state index is 0.477. The third kappa shape index (κ3) is 4.31. The first-order valence-electron chi connectivity index (χ1n) is 6.96. The first-order valence-corrected chi connectivity index (χ1v) is 6.82. The van der Waals surface area contributed by atoms with E-state index in [1.165, 1.54) is 7.11 Å². The lowest BCUT2D eigenvalue weighted by Gasteiger charge is -2.31. The topological polar surface area (TPSA) is 97.4 Å². The van der Waals surface area contributed by atoms with E-state index >= 15 is 0 Å². The Morgan fingerprint density at radius 2 is 1.77 bits per heavy atom. The summed E-state index contributed by atoms with van der Waals surface area (Å²) in [6.45, 7) is 2.97. The van der Waals surface area contributed by atoms with Gasteiger partial charge in [0.15, 0.2) is 24.1 Å². The van der Waals surface area contributed by atoms with Crippen molar-refractivity contribution in [3.8, 4) is 0 Å². The highest BCUT2D eigenvalue weighted by Crippen LogP contribution is 2.37. The molecule has 1 aliphatic heterocycles. The van der Waals surface area contributed by atoms with E-state index in [-0.39, 0.29) is 0 Å². The molecule has 2 unspecified atom stereocenters. The first-order chi connectivity index (χ1) is 10.6. The Morgan fingerprint density at radius 1 is 1.18 bits per heavy atom. The quantitative estimate of drug-likeness (QED) is 0.389. The zero-order valence-electron chi connectivity index (χ0n) is 13.7. The molecule has 1 fully saturated rings. The number of carbonyl (C=O) groups is 3. The van der Waals surface area contributed by atoms with Gasteiger partial charge >= 0.3 is 17.9 Å². The minimum Gasteiger partial charge on any atom is -0.463 e. The average molecular weight is 340 g/mol. The van der Waals surface area contributed by atoms with E-state index in [1.807, 2.05) is 0 Å². The number of esters is 3. The number of halogens is 1. The fourth-order valence-corrected chi connectivity index (χ4v) is 2.30. The van der Waals surface area contributed by atoms with E-state index in [9.17, 15) is 14.4 Å². The van der Waals surface area contributed by atoms with Crippen LogP contribution >= 0.6 is 11.6 Å². The summed E-state index contributed by atoms with van der Waals surface area (Å²) in [7, 11) is 1.28. The van der Waals surface area contributed by atoms with Gasteiger partial charge in [-0.2, -0.15) is 0 Å². The molecule has 1 aliphatic rings. The Bertz CT molecular complexity index is 471. The maximum absolute atomic E-state index is 11.4. The van der Waals surface area contributed by atoms with Gasteiger partial charge in [-0.05, 0) is 0 Å². The monoisotopic (exact) mass is 339 g/mol. The molecule has 9 heteroatoms. The van der Waals surface area contributed by atoms with E-state index in [1.54, 1.807) is 0 Å². The van der Waals surface area contributed by atoms with Crippen LogP contribution in [0.15, 0.2) is 0 Å². The van der Waals surface area contributed by atoms with Gasteiger partial charge in [0.05, 0.1) is 5.86 Å². The molecule has 0 aliphatic carbocycles. The maximum Gasteiger partial charge on any atom is 0.303 e. The van der Waals surface area contributed by atoms with Gasteiger partial charge in [-0.1, -0.05) is 0 Å². The van der Waals surface area contributed by atoms with Crippen LogP contribution in [0, 0.1) is 0 Å². The molecular weight excluding hydrogens is 320 g/mol. The van der Waals surface area contributed by atoms with Crippen LogP contribution in [0.4, 0.5) is 0 Å². The first kappa shape index (κ1) is 17.0. The van der Waals surface area contributed by atoms with Gasteiger partial charge < -0.3 is 23.7 Å². The van der Waals surface area contributed by atoms with Crippen molar-refractivity contribution in [2.75, 3.05) is 19.6 Å². The summed E-state index contributed by atoms with van der Waals surface area (Å²) in [4.78, 5) is 33.8. The molecule has 0 N–H and O–H groups in total. The summed E-state index contributed by atoms with van der Waals surface area (Å²) in [5.74, 6) is -3.52. The largest absolute Gasteiger partial charge is 0.463 e. The standard InChI is InChI=1S/C13H19ClO8/c1-7(15)19-6-13(5-14)11(21-9(3)17)10(20-8(2)16)12(18-4)22-13/h10-12H,5-6H2,1-4H3/t10-,11+,12?,13-/m1/s1/i5D/t5?,10-,11+,12?,13-. The number of hydrogen-bond donors (Lipinski definition) is 0. The van der Waals surface area contributed by atoms with Crippen molar-refractivity contribution >= 4 is 29.5 Å². The van der Waals surface area contributed by atoms with Crippen LogP contribution in [0.2, 0.25) is 0 Å². The van der Waals surface area contributed by atoms with Crippen LogP contribution in [-0.4, -0.2) is 61.6 Å². The average Bonchev–Trinajstić information content (AvgIpc) is 2.70. The highest BCUT2D eigenvalue weighted by atomic mass is 35.5. The number of methoxy groups -OCH3 is 1. The molecule has 0 bridgehead atoms. The second-order valence-corrected chi connectivity index (χ2v) is 4.89. The van der Waals surface area contributed by atoms with Gasteiger partial charge in [-0.3, -0.25) is 14.4 Å². The van der Waals surface area contributed by atoms with E-state index in [0.717, 1.165) is 20.8 Å². The number of hydrogen-bond acceptors (Lipinski definition) is 8. The second kappa shape index (κ2) is 7.75. The summed E-state index contributed by atoms with van der Waals surface area (Å²) in [6.07, 6.45) is -3.60. The van der Waals surface area contributed by atoms with Gasteiger partial charge in [0.25, 0.3) is 0 Å². The van der Waals surface area contributed by atoms with E-state index < -0.39 is 54.5 Å². The summed E-state index contributed by atoms with van der Waals surface area (Å²) >= 11 is 5.89. The Hall–Kier alpha value is -1.38. The molecule has 0 aromatic heterocycles. The molecule has 0 aromatic rings. The Morgan fingerprint density at radius 3 is 2.18 bits per heavy atom. The van der Waals surface area contributed by atoms with Gasteiger partial charge in [0.2, 0.25) is 0 Å². The summed E-state index contributed by atoms with van der Waals surface area (Å²) in [5, 5.41) is 0. The highest BCUT2D eigenvalue weighted by Gasteiger charge is 2.60. The van der Waals surface area contributed by atoms with Crippen molar-refractivity contribution in [1.29, 1.82) is 0 Å². The fourth-order valence-electron chi connectivity index (χ4n) is 2.06. The van der Waals surface area contributed by atoms with Gasteiger partial charge in [-0.25, -0.2) is 0 Å². The molecule has 0 spiro atoms. The number of carbonyl (C=O) groups excluding carboxylic acids is 3. The summed E-state index contributed by atoms with van der Waals surface area (Å²) < 4.78 is 33.6. The lowest BCUT2D eigenvalue weighted by atomic mass is 9.98. The molecule has 1 heterocycles. The lowest BCUT2D eigenvalue weighted by molar-refractivity contribution is -0.195. The Labute approximate surface area is 134 Å². The van der Waals surface area contributed by atoms with Crippen molar-refractivity contribution in [2.24, 2.45) is 0 Å². The minimum atomic E-state index is -1.75. The lowest BCUT2D eigenvalue weighted by Crippen LogP contribution is -2.51. The second-order valence-electron chi connectivity index (χ2n) is 4.67. The fraction of sp³-hybridized carbons (Fsp3) is 0.769. The molecular formula is C13H19ClO8. The van der Waals surface area contributed by atoms with Crippen molar-refractivity contribution in [2.45, 2.75) is 44.9 Å². The van der Waals surface area contributed by atoms with Gasteiger partial charge in [-0.15, -0.1) is 11.6 Å². The molecule has 0 radical (unpaired) electrons. The van der Waals surface area contributed by atoms with Gasteiger partial charge in [0.1, 0.15) is 6.61 Å². The van der Waals surface area contributed by atoms with Crippen molar-refractivity contribution in [3.63, 3.8) is 0 Å². The maximum atomic E-state index is 11.4. The van der Waals surface area contributed by atoms with Crippen LogP contribution in [-0.2, 0) is 38.1 Å². The molecule has 1 saturated heterocycles. The highest BCUT2D eigenvalue weighted by molar-refractivity contribution is 6.18.